The molecule has 2 fully saturated rings. The Labute approximate surface area is 134 Å². The second-order valence-electron chi connectivity index (χ2n) is 5.98. The summed E-state index contributed by atoms with van der Waals surface area (Å²) in [5, 5.41) is 0. The lowest BCUT2D eigenvalue weighted by molar-refractivity contribution is -0.0672. The van der Waals surface area contributed by atoms with Crippen LogP contribution in [0.1, 0.15) is 19.3 Å². The fraction of sp³-hybridized carbons (Fsp3) is 0.600. The second-order valence-corrected chi connectivity index (χ2v) is 7.66. The maximum Gasteiger partial charge on any atom is 0.243 e. The highest BCUT2D eigenvalue weighted by Crippen LogP contribution is 2.30. The molecule has 128 valence electrons. The van der Waals surface area contributed by atoms with E-state index in [4.69, 9.17) is 9.47 Å². The first-order chi connectivity index (χ1) is 11.0. The number of rotatable bonds is 6. The van der Waals surface area contributed by atoms with Crippen molar-refractivity contribution in [1.29, 1.82) is 0 Å². The topological polar surface area (TPSA) is 64.6 Å². The molecule has 1 saturated heterocycles. The molecule has 0 radical (unpaired) electrons. The van der Waals surface area contributed by atoms with E-state index in [0.29, 0.717) is 38.2 Å². The average Bonchev–Trinajstić information content (AvgIpc) is 3.29. The molecule has 1 N–H and O–H groups in total. The predicted octanol–water partition coefficient (Wildman–Crippen LogP) is 1.83. The maximum absolute atomic E-state index is 13.7. The zero-order valence-corrected chi connectivity index (χ0v) is 13.3. The van der Waals surface area contributed by atoms with E-state index < -0.39 is 38.7 Å². The number of hydrogen-bond acceptors (Lipinski definition) is 4. The van der Waals surface area contributed by atoms with Gasteiger partial charge in [-0.15, -0.1) is 0 Å². The lowest BCUT2D eigenvalue weighted by Crippen LogP contribution is -2.50. The van der Waals surface area contributed by atoms with Gasteiger partial charge in [0, 0.05) is 19.3 Å². The van der Waals surface area contributed by atoms with Gasteiger partial charge in [-0.05, 0) is 37.3 Å². The Morgan fingerprint density at radius 2 is 2.04 bits per heavy atom. The molecule has 1 aliphatic carbocycles. The van der Waals surface area contributed by atoms with Crippen LogP contribution in [-0.2, 0) is 19.5 Å². The molecule has 0 bridgehead atoms. The molecule has 2 atom stereocenters. The average molecular weight is 347 g/mol. The Bertz CT molecular complexity index is 663. The molecule has 8 heteroatoms. The van der Waals surface area contributed by atoms with Crippen LogP contribution in [0.4, 0.5) is 8.78 Å². The molecular formula is C15H19F2NO4S. The van der Waals surface area contributed by atoms with E-state index in [1.165, 1.54) is 0 Å². The minimum atomic E-state index is -4.09. The molecule has 2 aliphatic rings. The van der Waals surface area contributed by atoms with E-state index in [9.17, 15) is 17.2 Å². The van der Waals surface area contributed by atoms with Crippen LogP contribution in [0.5, 0.6) is 0 Å². The first kappa shape index (κ1) is 16.8. The molecule has 1 heterocycles. The summed E-state index contributed by atoms with van der Waals surface area (Å²) in [6.07, 6.45) is 2.30. The Morgan fingerprint density at radius 1 is 1.26 bits per heavy atom. The number of nitrogens with one attached hydrogen (secondary N) is 1. The van der Waals surface area contributed by atoms with E-state index in [0.717, 1.165) is 25.0 Å². The van der Waals surface area contributed by atoms with Crippen molar-refractivity contribution in [2.75, 3.05) is 19.8 Å². The molecule has 1 aliphatic heterocycles. The van der Waals surface area contributed by atoms with Gasteiger partial charge in [0.05, 0.1) is 18.8 Å². The summed E-state index contributed by atoms with van der Waals surface area (Å²) in [4.78, 5) is -0.564. The van der Waals surface area contributed by atoms with Crippen LogP contribution in [0.3, 0.4) is 0 Å². The summed E-state index contributed by atoms with van der Waals surface area (Å²) in [5.74, 6) is -1.39. The number of hydrogen-bond donors (Lipinski definition) is 1. The molecule has 1 saturated carbocycles. The quantitative estimate of drug-likeness (QED) is 0.853. The van der Waals surface area contributed by atoms with Gasteiger partial charge in [-0.25, -0.2) is 21.9 Å². The van der Waals surface area contributed by atoms with Crippen LogP contribution >= 0.6 is 0 Å². The fourth-order valence-corrected chi connectivity index (χ4v) is 3.87. The van der Waals surface area contributed by atoms with Gasteiger partial charge in [0.25, 0.3) is 0 Å². The summed E-state index contributed by atoms with van der Waals surface area (Å²) in [6.45, 7) is 1.28. The van der Waals surface area contributed by atoms with E-state index in [1.807, 2.05) is 0 Å². The molecule has 1 aromatic rings. The normalized spacial score (nSPS) is 25.5. The van der Waals surface area contributed by atoms with Gasteiger partial charge in [-0.3, -0.25) is 0 Å². The monoisotopic (exact) mass is 347 g/mol. The van der Waals surface area contributed by atoms with Gasteiger partial charge in [-0.1, -0.05) is 0 Å². The third-order valence-corrected chi connectivity index (χ3v) is 5.56. The van der Waals surface area contributed by atoms with Crippen LogP contribution in [0.15, 0.2) is 23.1 Å². The molecular weight excluding hydrogens is 328 g/mol. The molecule has 0 spiro atoms. The first-order valence-corrected chi connectivity index (χ1v) is 9.11. The van der Waals surface area contributed by atoms with E-state index >= 15 is 0 Å². The van der Waals surface area contributed by atoms with Crippen molar-refractivity contribution < 1.29 is 26.7 Å². The fourth-order valence-electron chi connectivity index (χ4n) is 2.51. The summed E-state index contributed by atoms with van der Waals surface area (Å²) in [6, 6.07) is 1.91. The number of halogens is 2. The van der Waals surface area contributed by atoms with Crippen LogP contribution in [-0.4, -0.2) is 40.4 Å². The van der Waals surface area contributed by atoms with Gasteiger partial charge in [0.15, 0.2) is 0 Å². The van der Waals surface area contributed by atoms with E-state index in [-0.39, 0.29) is 0 Å². The number of benzene rings is 1. The van der Waals surface area contributed by atoms with Gasteiger partial charge in [-0.2, -0.15) is 0 Å². The van der Waals surface area contributed by atoms with Crippen molar-refractivity contribution in [2.24, 2.45) is 5.92 Å². The Kier molecular flexibility index (Phi) is 4.96. The summed E-state index contributed by atoms with van der Waals surface area (Å²) in [7, 11) is -4.09. The molecule has 23 heavy (non-hydrogen) atoms. The summed E-state index contributed by atoms with van der Waals surface area (Å²) in [5.41, 5.74) is 0. The van der Waals surface area contributed by atoms with E-state index in [2.05, 4.69) is 4.72 Å². The highest BCUT2D eigenvalue weighted by atomic mass is 32.2. The van der Waals surface area contributed by atoms with Crippen LogP contribution < -0.4 is 4.72 Å². The lowest BCUT2D eigenvalue weighted by Gasteiger charge is -2.32. The molecule has 0 amide bonds. The summed E-state index contributed by atoms with van der Waals surface area (Å²) >= 11 is 0. The highest BCUT2D eigenvalue weighted by Gasteiger charge is 2.33. The van der Waals surface area contributed by atoms with Crippen molar-refractivity contribution in [3.63, 3.8) is 0 Å². The van der Waals surface area contributed by atoms with Gasteiger partial charge in [0.2, 0.25) is 10.0 Å². The van der Waals surface area contributed by atoms with Crippen molar-refractivity contribution in [1.82, 2.24) is 4.72 Å². The second kappa shape index (κ2) is 6.80. The van der Waals surface area contributed by atoms with Gasteiger partial charge < -0.3 is 9.47 Å². The summed E-state index contributed by atoms with van der Waals surface area (Å²) < 4.78 is 65.0. The number of ether oxygens (including phenoxy) is 2. The van der Waals surface area contributed by atoms with Crippen LogP contribution in [0, 0.1) is 17.6 Å². The Balaban J connectivity index is 1.71. The van der Waals surface area contributed by atoms with Crippen LogP contribution in [0.25, 0.3) is 0 Å². The third-order valence-electron chi connectivity index (χ3n) is 4.04. The molecule has 1 aromatic carbocycles. The van der Waals surface area contributed by atoms with Gasteiger partial charge in [0.1, 0.15) is 16.5 Å². The smallest absolute Gasteiger partial charge is 0.243 e. The SMILES string of the molecule is O=S(=O)(N[C@@H]1CCOC[C@H]1OCC1CC1)c1ccc(F)cc1F. The minimum absolute atomic E-state index is 0.297. The van der Waals surface area contributed by atoms with Crippen molar-refractivity contribution in [3.05, 3.63) is 29.8 Å². The number of sulfonamides is 1. The van der Waals surface area contributed by atoms with E-state index in [1.54, 1.807) is 0 Å². The Morgan fingerprint density at radius 3 is 2.74 bits per heavy atom. The molecule has 0 unspecified atom stereocenters. The zero-order chi connectivity index (χ0) is 16.4. The van der Waals surface area contributed by atoms with Gasteiger partial charge >= 0.3 is 0 Å². The van der Waals surface area contributed by atoms with Crippen molar-refractivity contribution in [3.8, 4) is 0 Å². The maximum atomic E-state index is 13.7. The van der Waals surface area contributed by atoms with Crippen molar-refractivity contribution in [2.45, 2.75) is 36.3 Å². The molecule has 5 nitrogen and oxygen atoms in total. The minimum Gasteiger partial charge on any atom is -0.379 e. The standard InChI is InChI=1S/C15H19F2NO4S/c16-11-3-4-15(12(17)7-11)23(19,20)18-13-5-6-21-9-14(13)22-8-10-1-2-10/h3-4,7,10,13-14,18H,1-2,5-6,8-9H2/t13-,14-/m1/s1. The predicted molar refractivity (Wildman–Crippen MR) is 78.4 cm³/mol. The Hall–Kier alpha value is -1.09. The third kappa shape index (κ3) is 4.26. The highest BCUT2D eigenvalue weighted by molar-refractivity contribution is 7.89. The molecule has 3 rings (SSSR count). The first-order valence-electron chi connectivity index (χ1n) is 7.62. The van der Waals surface area contributed by atoms with Crippen molar-refractivity contribution >= 4 is 10.0 Å². The molecule has 0 aromatic heterocycles. The zero-order valence-electron chi connectivity index (χ0n) is 12.5. The lowest BCUT2D eigenvalue weighted by atomic mass is 10.1. The largest absolute Gasteiger partial charge is 0.379 e. The van der Waals surface area contributed by atoms with Crippen LogP contribution in [0.2, 0.25) is 0 Å².